The van der Waals surface area contributed by atoms with Gasteiger partial charge in [-0.25, -0.2) is 0 Å². The molecule has 0 aliphatic rings. The van der Waals surface area contributed by atoms with Gasteiger partial charge in [-0.05, 0) is 12.8 Å². The van der Waals surface area contributed by atoms with E-state index in [9.17, 15) is 5.11 Å². The Kier molecular flexibility index (Phi) is 6.57. The number of hydrogen-bond donors (Lipinski definition) is 2. The summed E-state index contributed by atoms with van der Waals surface area (Å²) in [7, 11) is 0. The molecule has 0 aliphatic carbocycles. The molecule has 0 bridgehead atoms. The van der Waals surface area contributed by atoms with Crippen LogP contribution in [0.15, 0.2) is 0 Å². The molecule has 0 saturated heterocycles. The average molecular weight is 158 g/mol. The molecule has 0 fully saturated rings. The highest BCUT2D eigenvalue weighted by Crippen LogP contribution is 2.06. The summed E-state index contributed by atoms with van der Waals surface area (Å²) in [6, 6.07) is -0.0356. The van der Waals surface area contributed by atoms with Crippen molar-refractivity contribution in [3.8, 4) is 0 Å². The maximum atomic E-state index is 9.29. The molecule has 2 heteroatoms. The molecule has 2 atom stereocenters. The number of nitrogens with two attached hydrogens (primary N) is 1. The van der Waals surface area contributed by atoms with E-state index >= 15 is 0 Å². The van der Waals surface area contributed by atoms with Crippen LogP contribution >= 0.6 is 0 Å². The second-order valence-electron chi connectivity index (χ2n) is 2.99. The van der Waals surface area contributed by atoms with Crippen LogP contribution in [0.3, 0.4) is 0 Å². The van der Waals surface area contributed by atoms with Crippen molar-refractivity contribution in [1.29, 1.82) is 0 Å². The first-order valence-electron chi connectivity index (χ1n) is 4.45. The molecule has 68 valence electrons. The third-order valence-corrected chi connectivity index (χ3v) is 1.95. The Morgan fingerprint density at radius 1 is 1.45 bits per heavy atom. The lowest BCUT2D eigenvalue weighted by Crippen LogP contribution is -2.33. The van der Waals surface area contributed by atoms with Gasteiger partial charge in [0, 0.05) is 6.04 Å². The van der Waals surface area contributed by atoms with Gasteiger partial charge < -0.3 is 17.8 Å². The molecule has 0 aromatic heterocycles. The van der Waals surface area contributed by atoms with Crippen molar-refractivity contribution in [1.82, 2.24) is 0 Å². The highest BCUT2D eigenvalue weighted by molar-refractivity contribution is 4.69. The second kappa shape index (κ2) is 6.62. The fourth-order valence-corrected chi connectivity index (χ4v) is 1.05. The van der Waals surface area contributed by atoms with Crippen molar-refractivity contribution < 1.29 is 5.11 Å². The van der Waals surface area contributed by atoms with E-state index in [0.717, 1.165) is 32.1 Å². The molecule has 0 amide bonds. The summed E-state index contributed by atoms with van der Waals surface area (Å²) in [4.78, 5) is 0. The lowest BCUT2D eigenvalue weighted by Gasteiger charge is -2.16. The van der Waals surface area contributed by atoms with Gasteiger partial charge in [-0.3, -0.25) is 0 Å². The van der Waals surface area contributed by atoms with Crippen molar-refractivity contribution in [2.75, 3.05) is 0 Å². The molecular formula is C9H20NO-. The molecule has 2 unspecified atom stereocenters. The van der Waals surface area contributed by atoms with Crippen LogP contribution in [0.25, 0.3) is 0 Å². The normalized spacial score (nSPS) is 16.4. The van der Waals surface area contributed by atoms with Gasteiger partial charge in [0.1, 0.15) is 0 Å². The van der Waals surface area contributed by atoms with Crippen molar-refractivity contribution >= 4 is 0 Å². The Morgan fingerprint density at radius 2 is 2.09 bits per heavy atom. The standard InChI is InChI=1S/C9H20NO/c1-3-5-6-7-8(10)9(11)4-2/h8-9,11H,1,3-7,10H2,2H3/q-1. The Bertz CT molecular complexity index is 85.6. The van der Waals surface area contributed by atoms with Gasteiger partial charge in [0.15, 0.2) is 0 Å². The van der Waals surface area contributed by atoms with E-state index in [1.807, 2.05) is 6.92 Å². The molecule has 0 aromatic carbocycles. The fourth-order valence-electron chi connectivity index (χ4n) is 1.05. The topological polar surface area (TPSA) is 46.2 Å². The molecule has 11 heavy (non-hydrogen) atoms. The van der Waals surface area contributed by atoms with Gasteiger partial charge in [0.25, 0.3) is 0 Å². The zero-order valence-electron chi connectivity index (χ0n) is 7.42. The molecule has 0 aromatic rings. The highest BCUT2D eigenvalue weighted by Gasteiger charge is 2.10. The molecular weight excluding hydrogens is 138 g/mol. The van der Waals surface area contributed by atoms with Crippen LogP contribution in [0, 0.1) is 6.92 Å². The maximum absolute atomic E-state index is 9.29. The molecule has 0 saturated carbocycles. The van der Waals surface area contributed by atoms with E-state index in [-0.39, 0.29) is 12.1 Å². The molecule has 0 rings (SSSR count). The minimum Gasteiger partial charge on any atom is -0.392 e. The summed E-state index contributed by atoms with van der Waals surface area (Å²) in [6.45, 7) is 5.69. The second-order valence-corrected chi connectivity index (χ2v) is 2.99. The van der Waals surface area contributed by atoms with Crippen LogP contribution in [0.1, 0.15) is 39.0 Å². The first kappa shape index (κ1) is 10.9. The lowest BCUT2D eigenvalue weighted by atomic mass is 10.0. The van der Waals surface area contributed by atoms with Gasteiger partial charge in [-0.2, -0.15) is 6.42 Å². The van der Waals surface area contributed by atoms with Gasteiger partial charge in [-0.1, -0.05) is 19.8 Å². The van der Waals surface area contributed by atoms with Crippen LogP contribution in [0.5, 0.6) is 0 Å². The van der Waals surface area contributed by atoms with E-state index in [0.29, 0.717) is 0 Å². The monoisotopic (exact) mass is 158 g/mol. The molecule has 0 radical (unpaired) electrons. The number of hydrogen-bond acceptors (Lipinski definition) is 2. The van der Waals surface area contributed by atoms with Crippen molar-refractivity contribution in [2.24, 2.45) is 5.73 Å². The first-order valence-corrected chi connectivity index (χ1v) is 4.45. The summed E-state index contributed by atoms with van der Waals surface area (Å²) < 4.78 is 0. The van der Waals surface area contributed by atoms with E-state index in [1.165, 1.54) is 0 Å². The van der Waals surface area contributed by atoms with Crippen LogP contribution in [-0.2, 0) is 0 Å². The summed E-state index contributed by atoms with van der Waals surface area (Å²) in [5, 5.41) is 9.29. The van der Waals surface area contributed by atoms with Crippen LogP contribution in [0.4, 0.5) is 0 Å². The SMILES string of the molecule is [CH2-]CCCCC(N)C(O)CC. The Hall–Kier alpha value is -0.0800. The van der Waals surface area contributed by atoms with Crippen molar-refractivity contribution in [2.45, 2.75) is 51.2 Å². The molecule has 0 aliphatic heterocycles. The van der Waals surface area contributed by atoms with Gasteiger partial charge in [0.05, 0.1) is 6.10 Å². The zero-order chi connectivity index (χ0) is 8.69. The number of aliphatic hydroxyl groups excluding tert-OH is 1. The predicted octanol–water partition coefficient (Wildman–Crippen LogP) is 1.48. The van der Waals surface area contributed by atoms with Crippen LogP contribution in [-0.4, -0.2) is 17.3 Å². The van der Waals surface area contributed by atoms with Gasteiger partial charge >= 0.3 is 0 Å². The third kappa shape index (κ3) is 5.22. The maximum Gasteiger partial charge on any atom is 0.0688 e. The minimum atomic E-state index is -0.320. The summed E-state index contributed by atoms with van der Waals surface area (Å²) >= 11 is 0. The molecule has 0 heterocycles. The van der Waals surface area contributed by atoms with E-state index in [1.54, 1.807) is 0 Å². The van der Waals surface area contributed by atoms with Crippen molar-refractivity contribution in [3.63, 3.8) is 0 Å². The van der Waals surface area contributed by atoms with Crippen LogP contribution < -0.4 is 5.73 Å². The summed E-state index contributed by atoms with van der Waals surface area (Å²) in [5.41, 5.74) is 5.70. The van der Waals surface area contributed by atoms with Crippen molar-refractivity contribution in [3.05, 3.63) is 6.92 Å². The Balaban J connectivity index is 3.28. The number of unbranched alkanes of at least 4 members (excludes halogenated alkanes) is 2. The minimum absolute atomic E-state index is 0.0356. The quantitative estimate of drug-likeness (QED) is 0.454. The van der Waals surface area contributed by atoms with Gasteiger partial charge in [0.2, 0.25) is 0 Å². The zero-order valence-corrected chi connectivity index (χ0v) is 7.42. The average Bonchev–Trinajstić information content (AvgIpc) is 2.03. The molecule has 2 nitrogen and oxygen atoms in total. The van der Waals surface area contributed by atoms with E-state index in [4.69, 9.17) is 5.73 Å². The van der Waals surface area contributed by atoms with E-state index in [2.05, 4.69) is 6.92 Å². The number of rotatable bonds is 6. The predicted molar refractivity (Wildman–Crippen MR) is 48.1 cm³/mol. The van der Waals surface area contributed by atoms with Crippen LogP contribution in [0.2, 0.25) is 0 Å². The Morgan fingerprint density at radius 3 is 2.55 bits per heavy atom. The summed E-state index contributed by atoms with van der Waals surface area (Å²) in [6.07, 6.45) is 4.52. The van der Waals surface area contributed by atoms with E-state index < -0.39 is 0 Å². The molecule has 3 N–H and O–H groups in total. The molecule has 0 spiro atoms. The first-order chi connectivity index (χ1) is 5.22. The smallest absolute Gasteiger partial charge is 0.0688 e. The van der Waals surface area contributed by atoms with Gasteiger partial charge in [-0.15, -0.1) is 0 Å². The fraction of sp³-hybridized carbons (Fsp3) is 0.889. The lowest BCUT2D eigenvalue weighted by molar-refractivity contribution is 0.135. The number of aliphatic hydroxyl groups is 1. The summed E-state index contributed by atoms with van der Waals surface area (Å²) in [5.74, 6) is 0. The highest BCUT2D eigenvalue weighted by atomic mass is 16.3. The Labute approximate surface area is 69.8 Å². The third-order valence-electron chi connectivity index (χ3n) is 1.95. The largest absolute Gasteiger partial charge is 0.392 e.